The van der Waals surface area contributed by atoms with Crippen LogP contribution >= 0.6 is 0 Å². The van der Waals surface area contributed by atoms with E-state index in [2.05, 4.69) is 30.7 Å². The molecule has 0 bridgehead atoms. The molecule has 0 saturated carbocycles. The number of aromatic nitrogens is 1. The van der Waals surface area contributed by atoms with Crippen molar-refractivity contribution in [1.29, 1.82) is 0 Å². The Morgan fingerprint density at radius 1 is 1.47 bits per heavy atom. The topological polar surface area (TPSA) is 85.2 Å². The molecule has 1 saturated heterocycles. The summed E-state index contributed by atoms with van der Waals surface area (Å²) in [6, 6.07) is 1.61. The first-order valence-corrected chi connectivity index (χ1v) is 6.59. The zero-order valence-corrected chi connectivity index (χ0v) is 11.8. The molecule has 2 rings (SSSR count). The molecule has 1 atom stereocenters. The predicted molar refractivity (Wildman–Crippen MR) is 76.9 cm³/mol. The number of pyridine rings is 1. The SMILES string of the molecule is CC(C)(C)C1CCN(c2ncc(N)cc2C(N)=O)C1. The van der Waals surface area contributed by atoms with Crippen molar-refractivity contribution in [2.45, 2.75) is 27.2 Å². The van der Waals surface area contributed by atoms with Gasteiger partial charge in [-0.3, -0.25) is 4.79 Å². The first-order valence-electron chi connectivity index (χ1n) is 6.59. The Morgan fingerprint density at radius 3 is 2.68 bits per heavy atom. The second kappa shape index (κ2) is 4.72. The number of nitrogens with two attached hydrogens (primary N) is 2. The van der Waals surface area contributed by atoms with E-state index in [-0.39, 0.29) is 5.41 Å². The van der Waals surface area contributed by atoms with Gasteiger partial charge >= 0.3 is 0 Å². The number of nitrogens with zero attached hydrogens (tertiary/aromatic N) is 2. The molecule has 104 valence electrons. The molecule has 1 amide bonds. The van der Waals surface area contributed by atoms with Gasteiger partial charge in [-0.1, -0.05) is 20.8 Å². The summed E-state index contributed by atoms with van der Waals surface area (Å²) in [4.78, 5) is 17.9. The first-order chi connectivity index (χ1) is 8.79. The lowest BCUT2D eigenvalue weighted by Gasteiger charge is -2.27. The van der Waals surface area contributed by atoms with Crippen molar-refractivity contribution in [3.05, 3.63) is 17.8 Å². The van der Waals surface area contributed by atoms with Crippen LogP contribution in [0, 0.1) is 11.3 Å². The zero-order valence-electron chi connectivity index (χ0n) is 11.8. The standard InChI is InChI=1S/C14H22N4O/c1-14(2,3)9-4-5-18(8-9)13-11(12(16)19)6-10(15)7-17-13/h6-7,9H,4-5,8,15H2,1-3H3,(H2,16,19). The summed E-state index contributed by atoms with van der Waals surface area (Å²) >= 11 is 0. The minimum absolute atomic E-state index is 0.259. The monoisotopic (exact) mass is 262 g/mol. The largest absolute Gasteiger partial charge is 0.397 e. The van der Waals surface area contributed by atoms with Gasteiger partial charge in [0.2, 0.25) is 0 Å². The third-order valence-corrected chi connectivity index (χ3v) is 3.87. The van der Waals surface area contributed by atoms with Crippen LogP contribution in [0.4, 0.5) is 11.5 Å². The van der Waals surface area contributed by atoms with E-state index in [1.54, 1.807) is 12.3 Å². The number of hydrogen-bond acceptors (Lipinski definition) is 4. The second-order valence-corrected chi connectivity index (χ2v) is 6.30. The number of carbonyl (C=O) groups excluding carboxylic acids is 1. The molecule has 1 aliphatic heterocycles. The van der Waals surface area contributed by atoms with E-state index in [4.69, 9.17) is 11.5 Å². The van der Waals surface area contributed by atoms with Crippen LogP contribution in [0.25, 0.3) is 0 Å². The Morgan fingerprint density at radius 2 is 2.16 bits per heavy atom. The van der Waals surface area contributed by atoms with Gasteiger partial charge in [-0.2, -0.15) is 0 Å². The smallest absolute Gasteiger partial charge is 0.252 e. The Bertz CT molecular complexity index is 493. The van der Waals surface area contributed by atoms with Crippen LogP contribution in [-0.2, 0) is 0 Å². The predicted octanol–water partition coefficient (Wildman–Crippen LogP) is 1.64. The lowest BCUT2D eigenvalue weighted by molar-refractivity contribution is 0.100. The van der Waals surface area contributed by atoms with Crippen LogP contribution in [0.15, 0.2) is 12.3 Å². The third kappa shape index (κ3) is 2.80. The van der Waals surface area contributed by atoms with Gasteiger partial charge in [0.1, 0.15) is 5.82 Å². The number of nitrogen functional groups attached to an aromatic ring is 1. The van der Waals surface area contributed by atoms with E-state index >= 15 is 0 Å². The van der Waals surface area contributed by atoms with Crippen molar-refractivity contribution in [2.75, 3.05) is 23.7 Å². The highest BCUT2D eigenvalue weighted by Crippen LogP contribution is 2.36. The molecule has 5 heteroatoms. The van der Waals surface area contributed by atoms with Gasteiger partial charge in [0.05, 0.1) is 17.4 Å². The van der Waals surface area contributed by atoms with E-state index in [0.717, 1.165) is 19.5 Å². The maximum absolute atomic E-state index is 11.5. The van der Waals surface area contributed by atoms with Crippen LogP contribution in [0.3, 0.4) is 0 Å². The van der Waals surface area contributed by atoms with E-state index in [1.165, 1.54) is 0 Å². The first kappa shape index (κ1) is 13.6. The normalized spacial score (nSPS) is 19.7. The molecule has 5 nitrogen and oxygen atoms in total. The molecule has 19 heavy (non-hydrogen) atoms. The van der Waals surface area contributed by atoms with Crippen LogP contribution in [0.5, 0.6) is 0 Å². The highest BCUT2D eigenvalue weighted by atomic mass is 16.1. The Hall–Kier alpha value is -1.78. The summed E-state index contributed by atoms with van der Waals surface area (Å²) in [5.41, 5.74) is 12.2. The number of rotatable bonds is 2. The fourth-order valence-electron chi connectivity index (χ4n) is 2.57. The summed E-state index contributed by atoms with van der Waals surface area (Å²) in [6.07, 6.45) is 2.68. The van der Waals surface area contributed by atoms with Crippen molar-refractivity contribution in [1.82, 2.24) is 4.98 Å². The van der Waals surface area contributed by atoms with Crippen molar-refractivity contribution in [3.63, 3.8) is 0 Å². The number of carbonyl (C=O) groups is 1. The maximum Gasteiger partial charge on any atom is 0.252 e. The van der Waals surface area contributed by atoms with E-state index < -0.39 is 5.91 Å². The molecule has 1 aromatic rings. The van der Waals surface area contributed by atoms with Gasteiger partial charge in [-0.15, -0.1) is 0 Å². The quantitative estimate of drug-likeness (QED) is 0.848. The number of primary amides is 1. The molecule has 1 aliphatic rings. The zero-order chi connectivity index (χ0) is 14.2. The minimum Gasteiger partial charge on any atom is -0.397 e. The number of hydrogen-bond donors (Lipinski definition) is 2. The van der Waals surface area contributed by atoms with E-state index in [9.17, 15) is 4.79 Å². The van der Waals surface area contributed by atoms with E-state index in [0.29, 0.717) is 23.0 Å². The molecule has 1 fully saturated rings. The van der Waals surface area contributed by atoms with Crippen LogP contribution in [-0.4, -0.2) is 24.0 Å². The molecule has 1 aromatic heterocycles. The molecule has 0 spiro atoms. The van der Waals surface area contributed by atoms with Gasteiger partial charge in [-0.05, 0) is 23.8 Å². The van der Waals surface area contributed by atoms with Gasteiger partial charge in [0.25, 0.3) is 5.91 Å². The van der Waals surface area contributed by atoms with Gasteiger partial charge in [-0.25, -0.2) is 4.98 Å². The van der Waals surface area contributed by atoms with E-state index in [1.807, 2.05) is 0 Å². The summed E-state index contributed by atoms with van der Waals surface area (Å²) in [5, 5.41) is 0. The average Bonchev–Trinajstić information content (AvgIpc) is 2.77. The summed E-state index contributed by atoms with van der Waals surface area (Å²) in [5.74, 6) is 0.773. The van der Waals surface area contributed by atoms with Crippen LogP contribution < -0.4 is 16.4 Å². The molecule has 4 N–H and O–H groups in total. The molecule has 0 radical (unpaired) electrons. The number of anilines is 2. The highest BCUT2D eigenvalue weighted by molar-refractivity contribution is 5.98. The van der Waals surface area contributed by atoms with Gasteiger partial charge < -0.3 is 16.4 Å². The van der Waals surface area contributed by atoms with Crippen LogP contribution in [0.2, 0.25) is 0 Å². The third-order valence-electron chi connectivity index (χ3n) is 3.87. The maximum atomic E-state index is 11.5. The summed E-state index contributed by atoms with van der Waals surface area (Å²) in [6.45, 7) is 8.53. The highest BCUT2D eigenvalue weighted by Gasteiger charge is 2.33. The summed E-state index contributed by atoms with van der Waals surface area (Å²) in [7, 11) is 0. The minimum atomic E-state index is -0.478. The molecule has 0 aromatic carbocycles. The summed E-state index contributed by atoms with van der Waals surface area (Å²) < 4.78 is 0. The lowest BCUT2D eigenvalue weighted by Crippen LogP contribution is -2.28. The van der Waals surface area contributed by atoms with Crippen molar-refractivity contribution in [3.8, 4) is 0 Å². The second-order valence-electron chi connectivity index (χ2n) is 6.30. The van der Waals surface area contributed by atoms with Gasteiger partial charge in [0.15, 0.2) is 0 Å². The average molecular weight is 262 g/mol. The van der Waals surface area contributed by atoms with Crippen molar-refractivity contribution >= 4 is 17.4 Å². The molecule has 2 heterocycles. The van der Waals surface area contributed by atoms with Crippen LogP contribution in [0.1, 0.15) is 37.6 Å². The fraction of sp³-hybridized carbons (Fsp3) is 0.571. The molecular formula is C14H22N4O. The Balaban J connectivity index is 2.27. The lowest BCUT2D eigenvalue weighted by atomic mass is 9.80. The Labute approximate surface area is 114 Å². The van der Waals surface area contributed by atoms with Crippen molar-refractivity contribution in [2.24, 2.45) is 17.1 Å². The van der Waals surface area contributed by atoms with Crippen molar-refractivity contribution < 1.29 is 4.79 Å². The molecule has 0 aliphatic carbocycles. The molecule has 1 unspecified atom stereocenters. The Kier molecular flexibility index (Phi) is 3.39. The molecular weight excluding hydrogens is 240 g/mol. The fourth-order valence-corrected chi connectivity index (χ4v) is 2.57. The van der Waals surface area contributed by atoms with Gasteiger partial charge in [0, 0.05) is 13.1 Å². The number of amides is 1.